The first-order valence-electron chi connectivity index (χ1n) is 8.00. The van der Waals surface area contributed by atoms with Crippen LogP contribution in [0.15, 0.2) is 72.1 Å². The summed E-state index contributed by atoms with van der Waals surface area (Å²) >= 11 is 0. The van der Waals surface area contributed by atoms with E-state index in [0.29, 0.717) is 22.6 Å². The summed E-state index contributed by atoms with van der Waals surface area (Å²) in [7, 11) is 3.16. The van der Waals surface area contributed by atoms with Crippen LogP contribution in [-0.4, -0.2) is 30.9 Å². The van der Waals surface area contributed by atoms with Crippen molar-refractivity contribution < 1.29 is 14.3 Å². The smallest absolute Gasteiger partial charge is 0.273 e. The van der Waals surface area contributed by atoms with Crippen molar-refractivity contribution in [3.05, 3.63) is 78.1 Å². The van der Waals surface area contributed by atoms with E-state index in [9.17, 15) is 4.79 Å². The molecule has 0 fully saturated rings. The molecule has 0 bridgehead atoms. The largest absolute Gasteiger partial charge is 0.497 e. The molecule has 6 heteroatoms. The first kappa shape index (κ1) is 17.3. The molecule has 26 heavy (non-hydrogen) atoms. The van der Waals surface area contributed by atoms with Gasteiger partial charge in [0.25, 0.3) is 5.91 Å². The van der Waals surface area contributed by atoms with E-state index in [4.69, 9.17) is 9.47 Å². The number of carbonyl (C=O) groups excluding carboxylic acids is 1. The molecule has 3 rings (SSSR count). The van der Waals surface area contributed by atoms with E-state index in [1.807, 2.05) is 47.3 Å². The minimum absolute atomic E-state index is 0.299. The lowest BCUT2D eigenvalue weighted by molar-refractivity contribution is 0.0955. The Labute approximate surface area is 151 Å². The normalized spacial score (nSPS) is 10.7. The molecular weight excluding hydrogens is 330 g/mol. The molecule has 0 unspecified atom stereocenters. The highest BCUT2D eigenvalue weighted by molar-refractivity contribution is 5.98. The quantitative estimate of drug-likeness (QED) is 0.549. The van der Waals surface area contributed by atoms with Gasteiger partial charge in [-0.15, -0.1) is 0 Å². The van der Waals surface area contributed by atoms with Crippen molar-refractivity contribution in [2.24, 2.45) is 5.10 Å². The maximum atomic E-state index is 12.5. The lowest BCUT2D eigenvalue weighted by Gasteiger charge is -2.09. The average molecular weight is 349 g/mol. The van der Waals surface area contributed by atoms with Crippen LogP contribution in [0.25, 0.3) is 5.69 Å². The number of hydrogen-bond donors (Lipinski definition) is 1. The fourth-order valence-electron chi connectivity index (χ4n) is 2.55. The van der Waals surface area contributed by atoms with Gasteiger partial charge in [0.15, 0.2) is 0 Å². The fourth-order valence-corrected chi connectivity index (χ4v) is 2.55. The summed E-state index contributed by atoms with van der Waals surface area (Å²) in [5.74, 6) is 1.01. The summed E-state index contributed by atoms with van der Waals surface area (Å²) in [5, 5.41) is 4.06. The Bertz CT molecular complexity index is 918. The number of nitrogens with zero attached hydrogens (tertiary/aromatic N) is 2. The first-order valence-corrected chi connectivity index (χ1v) is 8.00. The summed E-state index contributed by atoms with van der Waals surface area (Å²) in [5.41, 5.74) is 4.57. The van der Waals surface area contributed by atoms with Crippen molar-refractivity contribution in [2.75, 3.05) is 14.2 Å². The first-order chi connectivity index (χ1) is 12.7. The van der Waals surface area contributed by atoms with Gasteiger partial charge in [-0.3, -0.25) is 4.79 Å². The van der Waals surface area contributed by atoms with Gasteiger partial charge >= 0.3 is 0 Å². The lowest BCUT2D eigenvalue weighted by atomic mass is 10.1. The SMILES string of the molecule is COc1ccc(OC)c(C=NNC(=O)c2ccccc2-n2cccc2)c1. The zero-order chi connectivity index (χ0) is 18.4. The van der Waals surface area contributed by atoms with Gasteiger partial charge in [0.05, 0.1) is 31.7 Å². The van der Waals surface area contributed by atoms with Crippen LogP contribution in [0.4, 0.5) is 0 Å². The van der Waals surface area contributed by atoms with Crippen molar-refractivity contribution in [3.63, 3.8) is 0 Å². The Hall–Kier alpha value is -3.54. The van der Waals surface area contributed by atoms with Crippen LogP contribution in [-0.2, 0) is 0 Å². The molecule has 1 heterocycles. The number of amides is 1. The van der Waals surface area contributed by atoms with Crippen LogP contribution >= 0.6 is 0 Å². The molecular formula is C20H19N3O3. The van der Waals surface area contributed by atoms with Gasteiger partial charge in [0.1, 0.15) is 11.5 Å². The zero-order valence-corrected chi connectivity index (χ0v) is 14.5. The number of hydrogen-bond acceptors (Lipinski definition) is 4. The van der Waals surface area contributed by atoms with E-state index in [1.54, 1.807) is 38.5 Å². The molecule has 0 saturated carbocycles. The fraction of sp³-hybridized carbons (Fsp3) is 0.100. The number of rotatable bonds is 6. The number of carbonyl (C=O) groups is 1. The van der Waals surface area contributed by atoms with Crippen LogP contribution in [0.1, 0.15) is 15.9 Å². The van der Waals surface area contributed by atoms with Gasteiger partial charge in [-0.25, -0.2) is 5.43 Å². The molecule has 0 radical (unpaired) electrons. The van der Waals surface area contributed by atoms with Crippen LogP contribution in [0, 0.1) is 0 Å². The Balaban J connectivity index is 1.79. The number of aromatic nitrogens is 1. The van der Waals surface area contributed by atoms with Crippen LogP contribution in [0.5, 0.6) is 11.5 Å². The highest BCUT2D eigenvalue weighted by Crippen LogP contribution is 2.22. The third-order valence-electron chi connectivity index (χ3n) is 3.84. The zero-order valence-electron chi connectivity index (χ0n) is 14.5. The van der Waals surface area contributed by atoms with E-state index >= 15 is 0 Å². The van der Waals surface area contributed by atoms with Crippen molar-refractivity contribution in [1.82, 2.24) is 9.99 Å². The molecule has 2 aromatic carbocycles. The van der Waals surface area contributed by atoms with Crippen molar-refractivity contribution in [1.29, 1.82) is 0 Å². The molecule has 1 aromatic heterocycles. The number of hydrazone groups is 1. The topological polar surface area (TPSA) is 64.8 Å². The third-order valence-corrected chi connectivity index (χ3v) is 3.84. The molecule has 1 N–H and O–H groups in total. The minimum atomic E-state index is -0.299. The van der Waals surface area contributed by atoms with Gasteiger partial charge in [0.2, 0.25) is 0 Å². The summed E-state index contributed by atoms with van der Waals surface area (Å²) in [6.07, 6.45) is 5.30. The molecule has 0 aliphatic carbocycles. The van der Waals surface area contributed by atoms with E-state index in [2.05, 4.69) is 10.5 Å². The summed E-state index contributed by atoms with van der Waals surface area (Å²) in [6.45, 7) is 0. The Morgan fingerprint density at radius 3 is 2.54 bits per heavy atom. The predicted molar refractivity (Wildman–Crippen MR) is 100 cm³/mol. The molecule has 6 nitrogen and oxygen atoms in total. The van der Waals surface area contributed by atoms with Gasteiger partial charge in [-0.05, 0) is 42.5 Å². The molecule has 132 valence electrons. The highest BCUT2D eigenvalue weighted by Gasteiger charge is 2.11. The number of ether oxygens (including phenoxy) is 2. The lowest BCUT2D eigenvalue weighted by Crippen LogP contribution is -2.19. The molecule has 0 aliphatic rings. The second-order valence-corrected chi connectivity index (χ2v) is 5.41. The summed E-state index contributed by atoms with van der Waals surface area (Å²) in [6, 6.07) is 16.5. The van der Waals surface area contributed by atoms with E-state index < -0.39 is 0 Å². The summed E-state index contributed by atoms with van der Waals surface area (Å²) < 4.78 is 12.4. The van der Waals surface area contributed by atoms with Gasteiger partial charge in [-0.2, -0.15) is 5.10 Å². The van der Waals surface area contributed by atoms with Gasteiger partial charge < -0.3 is 14.0 Å². The molecule has 0 aliphatic heterocycles. The van der Waals surface area contributed by atoms with Gasteiger partial charge in [-0.1, -0.05) is 12.1 Å². The number of nitrogens with one attached hydrogen (secondary N) is 1. The number of methoxy groups -OCH3 is 2. The number of para-hydroxylation sites is 1. The van der Waals surface area contributed by atoms with Crippen LogP contribution in [0.3, 0.4) is 0 Å². The highest BCUT2D eigenvalue weighted by atomic mass is 16.5. The third kappa shape index (κ3) is 3.75. The van der Waals surface area contributed by atoms with E-state index in [1.165, 1.54) is 6.21 Å². The Morgan fingerprint density at radius 1 is 1.04 bits per heavy atom. The Morgan fingerprint density at radius 2 is 1.81 bits per heavy atom. The maximum Gasteiger partial charge on any atom is 0.273 e. The van der Waals surface area contributed by atoms with E-state index in [0.717, 1.165) is 5.69 Å². The van der Waals surface area contributed by atoms with E-state index in [-0.39, 0.29) is 5.91 Å². The predicted octanol–water partition coefficient (Wildman–Crippen LogP) is 3.26. The number of benzene rings is 2. The second-order valence-electron chi connectivity index (χ2n) is 5.41. The maximum absolute atomic E-state index is 12.5. The molecule has 0 saturated heterocycles. The molecule has 1 amide bonds. The summed E-state index contributed by atoms with van der Waals surface area (Å²) in [4.78, 5) is 12.5. The van der Waals surface area contributed by atoms with Gasteiger partial charge in [0, 0.05) is 18.0 Å². The minimum Gasteiger partial charge on any atom is -0.497 e. The van der Waals surface area contributed by atoms with Crippen molar-refractivity contribution in [2.45, 2.75) is 0 Å². The van der Waals surface area contributed by atoms with Crippen LogP contribution < -0.4 is 14.9 Å². The van der Waals surface area contributed by atoms with Crippen LogP contribution in [0.2, 0.25) is 0 Å². The Kier molecular flexibility index (Phi) is 5.34. The molecule has 3 aromatic rings. The molecule has 0 atom stereocenters. The van der Waals surface area contributed by atoms with Crippen molar-refractivity contribution in [3.8, 4) is 17.2 Å². The molecule has 0 spiro atoms. The average Bonchev–Trinajstić information content (AvgIpc) is 3.22. The standard InChI is InChI=1S/C20H19N3O3/c1-25-16-9-10-19(26-2)15(13-16)14-21-22-20(24)17-7-3-4-8-18(17)23-11-5-6-12-23/h3-14H,1-2H3,(H,22,24). The van der Waals surface area contributed by atoms with Crippen molar-refractivity contribution >= 4 is 12.1 Å². The second kappa shape index (κ2) is 8.02. The monoisotopic (exact) mass is 349 g/mol.